The fourth-order valence-corrected chi connectivity index (χ4v) is 1.36. The molecule has 1 aliphatic heterocycles. The normalized spacial score (nSPS) is 39.3. The van der Waals surface area contributed by atoms with E-state index in [0.29, 0.717) is 0 Å². The number of aliphatic hydroxyl groups is 2. The molecule has 0 aromatic heterocycles. The zero-order valence-corrected chi connectivity index (χ0v) is 6.96. The van der Waals surface area contributed by atoms with Gasteiger partial charge in [-0.1, -0.05) is 0 Å². The van der Waals surface area contributed by atoms with E-state index in [1.54, 1.807) is 0 Å². The molecule has 0 aromatic carbocycles. The number of hydrogen-bond acceptors (Lipinski definition) is 5. The van der Waals surface area contributed by atoms with Gasteiger partial charge in [0.15, 0.2) is 0 Å². The predicted molar refractivity (Wildman–Crippen MR) is 42.0 cm³/mol. The van der Waals surface area contributed by atoms with Crippen LogP contribution >= 0.6 is 0 Å². The second kappa shape index (κ2) is 4.01. The van der Waals surface area contributed by atoms with Gasteiger partial charge in [0.25, 0.3) is 0 Å². The van der Waals surface area contributed by atoms with E-state index in [1.165, 1.54) is 0 Å². The van der Waals surface area contributed by atoms with Crippen molar-refractivity contribution in [2.45, 2.75) is 30.8 Å². The fourth-order valence-electron chi connectivity index (χ4n) is 1.36. The van der Waals surface area contributed by atoms with Gasteiger partial charge in [-0.15, -0.1) is 0 Å². The molecule has 5 N–H and O–H groups in total. The van der Waals surface area contributed by atoms with Gasteiger partial charge >= 0.3 is 5.97 Å². The molecule has 76 valence electrons. The van der Waals surface area contributed by atoms with Crippen molar-refractivity contribution in [3.05, 3.63) is 0 Å². The first-order valence-corrected chi connectivity index (χ1v) is 3.99. The first-order chi connectivity index (χ1) is 6.06. The highest BCUT2D eigenvalue weighted by molar-refractivity contribution is 5.67. The smallest absolute Gasteiger partial charge is 0.306 e. The van der Waals surface area contributed by atoms with Crippen LogP contribution in [0.15, 0.2) is 0 Å². The lowest BCUT2D eigenvalue weighted by Gasteiger charge is -2.11. The number of carboxylic acid groups (broad SMARTS) is 1. The number of ether oxygens (including phenoxy) is 1. The van der Waals surface area contributed by atoms with E-state index < -0.39 is 30.4 Å². The molecular formula is C7H13NO5. The summed E-state index contributed by atoms with van der Waals surface area (Å²) in [5, 5.41) is 27.0. The highest BCUT2D eigenvalue weighted by Crippen LogP contribution is 2.22. The molecule has 1 fully saturated rings. The summed E-state index contributed by atoms with van der Waals surface area (Å²) in [5.41, 5.74) is 5.24. The first-order valence-electron chi connectivity index (χ1n) is 3.99. The van der Waals surface area contributed by atoms with E-state index in [1.807, 2.05) is 0 Å². The summed E-state index contributed by atoms with van der Waals surface area (Å²) in [6, 6.07) is 0. The minimum atomic E-state index is -1.16. The largest absolute Gasteiger partial charge is 0.481 e. The van der Waals surface area contributed by atoms with Gasteiger partial charge in [-0.3, -0.25) is 4.79 Å². The van der Waals surface area contributed by atoms with Gasteiger partial charge in [0.1, 0.15) is 12.2 Å². The van der Waals surface area contributed by atoms with Crippen LogP contribution in [0.1, 0.15) is 6.42 Å². The Bertz CT molecular complexity index is 197. The van der Waals surface area contributed by atoms with Crippen molar-refractivity contribution in [1.29, 1.82) is 0 Å². The summed E-state index contributed by atoms with van der Waals surface area (Å²) in [5.74, 6) is -1.08. The summed E-state index contributed by atoms with van der Waals surface area (Å²) in [6.07, 6.45) is -4.10. The SMILES string of the molecule is NC[C@H]1O[C@@H](CC(=O)O)[C@H](O)[C@@H]1O. The van der Waals surface area contributed by atoms with Crippen molar-refractivity contribution in [3.8, 4) is 0 Å². The molecule has 0 aromatic rings. The highest BCUT2D eigenvalue weighted by Gasteiger charge is 2.42. The Morgan fingerprint density at radius 2 is 1.85 bits per heavy atom. The van der Waals surface area contributed by atoms with Crippen LogP contribution in [0.4, 0.5) is 0 Å². The van der Waals surface area contributed by atoms with Gasteiger partial charge in [0.2, 0.25) is 0 Å². The molecule has 0 spiro atoms. The number of aliphatic carboxylic acids is 1. The molecule has 6 heteroatoms. The van der Waals surface area contributed by atoms with Crippen LogP contribution < -0.4 is 5.73 Å². The third kappa shape index (κ3) is 2.16. The molecule has 6 nitrogen and oxygen atoms in total. The summed E-state index contributed by atoms with van der Waals surface area (Å²) in [7, 11) is 0. The monoisotopic (exact) mass is 191 g/mol. The number of aliphatic hydroxyl groups excluding tert-OH is 2. The van der Waals surface area contributed by atoms with Crippen LogP contribution in [-0.2, 0) is 9.53 Å². The van der Waals surface area contributed by atoms with Crippen molar-refractivity contribution in [3.63, 3.8) is 0 Å². The van der Waals surface area contributed by atoms with Gasteiger partial charge in [0.05, 0.1) is 18.6 Å². The van der Waals surface area contributed by atoms with Crippen LogP contribution in [0.2, 0.25) is 0 Å². The quantitative estimate of drug-likeness (QED) is 0.407. The second-order valence-corrected chi connectivity index (χ2v) is 3.03. The average Bonchev–Trinajstić information content (AvgIpc) is 2.32. The van der Waals surface area contributed by atoms with Gasteiger partial charge in [-0.25, -0.2) is 0 Å². The fraction of sp³-hybridized carbons (Fsp3) is 0.857. The molecule has 4 atom stereocenters. The van der Waals surface area contributed by atoms with Gasteiger partial charge in [-0.2, -0.15) is 0 Å². The van der Waals surface area contributed by atoms with Crippen LogP contribution in [-0.4, -0.2) is 52.2 Å². The first kappa shape index (κ1) is 10.4. The Hall–Kier alpha value is -0.690. The molecule has 0 aliphatic carbocycles. The van der Waals surface area contributed by atoms with Crippen LogP contribution in [0, 0.1) is 0 Å². The molecule has 13 heavy (non-hydrogen) atoms. The summed E-state index contributed by atoms with van der Waals surface area (Å²) in [6.45, 7) is 0.0638. The van der Waals surface area contributed by atoms with Gasteiger partial charge in [0, 0.05) is 6.54 Å². The number of rotatable bonds is 3. The zero-order chi connectivity index (χ0) is 10.0. The van der Waals surface area contributed by atoms with Crippen molar-refractivity contribution < 1.29 is 24.9 Å². The Morgan fingerprint density at radius 3 is 2.23 bits per heavy atom. The van der Waals surface area contributed by atoms with Crippen molar-refractivity contribution in [2.75, 3.05) is 6.54 Å². The predicted octanol–water partition coefficient (Wildman–Crippen LogP) is -2.09. The molecule has 1 aliphatic rings. The molecule has 0 saturated carbocycles. The molecule has 0 unspecified atom stereocenters. The maximum atomic E-state index is 10.3. The number of carboxylic acids is 1. The third-order valence-corrected chi connectivity index (χ3v) is 2.07. The van der Waals surface area contributed by atoms with Gasteiger partial charge in [-0.05, 0) is 0 Å². The van der Waals surface area contributed by atoms with E-state index in [2.05, 4.69) is 0 Å². The van der Waals surface area contributed by atoms with E-state index in [9.17, 15) is 15.0 Å². The number of nitrogens with two attached hydrogens (primary N) is 1. The Balaban J connectivity index is 2.55. The number of hydrogen-bond donors (Lipinski definition) is 4. The molecule has 1 heterocycles. The van der Waals surface area contributed by atoms with E-state index in [-0.39, 0.29) is 13.0 Å². The molecule has 0 amide bonds. The molecule has 1 rings (SSSR count). The minimum Gasteiger partial charge on any atom is -0.481 e. The Kier molecular flexibility index (Phi) is 3.21. The van der Waals surface area contributed by atoms with E-state index >= 15 is 0 Å². The average molecular weight is 191 g/mol. The van der Waals surface area contributed by atoms with E-state index in [4.69, 9.17) is 15.6 Å². The van der Waals surface area contributed by atoms with E-state index in [0.717, 1.165) is 0 Å². The molecule has 0 bridgehead atoms. The summed E-state index contributed by atoms with van der Waals surface area (Å²) >= 11 is 0. The van der Waals surface area contributed by atoms with Crippen LogP contribution in [0.25, 0.3) is 0 Å². The Morgan fingerprint density at radius 1 is 1.31 bits per heavy atom. The Labute approximate surface area is 74.9 Å². The maximum Gasteiger partial charge on any atom is 0.306 e. The van der Waals surface area contributed by atoms with Gasteiger partial charge < -0.3 is 25.8 Å². The number of carbonyl (C=O) groups is 1. The molecule has 1 saturated heterocycles. The topological polar surface area (TPSA) is 113 Å². The molecular weight excluding hydrogens is 178 g/mol. The minimum absolute atomic E-state index is 0.0638. The second-order valence-electron chi connectivity index (χ2n) is 3.03. The lowest BCUT2D eigenvalue weighted by atomic mass is 10.1. The van der Waals surface area contributed by atoms with Crippen molar-refractivity contribution in [2.24, 2.45) is 5.73 Å². The molecule has 0 radical (unpaired) electrons. The van der Waals surface area contributed by atoms with Crippen LogP contribution in [0.5, 0.6) is 0 Å². The highest BCUT2D eigenvalue weighted by atomic mass is 16.5. The third-order valence-electron chi connectivity index (χ3n) is 2.07. The standard InChI is InChI=1S/C7H13NO5/c8-2-4-7(12)6(11)3(13-4)1-5(9)10/h3-4,6-7,11-12H,1-2,8H2,(H,9,10)/t3-,4+,6-,7+/m0/s1. The zero-order valence-electron chi connectivity index (χ0n) is 6.96. The lowest BCUT2D eigenvalue weighted by Crippen LogP contribution is -2.36. The lowest BCUT2D eigenvalue weighted by molar-refractivity contribution is -0.141. The summed E-state index contributed by atoms with van der Waals surface area (Å²) in [4.78, 5) is 10.3. The van der Waals surface area contributed by atoms with Crippen molar-refractivity contribution in [1.82, 2.24) is 0 Å². The van der Waals surface area contributed by atoms with Crippen molar-refractivity contribution >= 4 is 5.97 Å². The maximum absolute atomic E-state index is 10.3. The summed E-state index contributed by atoms with van der Waals surface area (Å²) < 4.78 is 5.04. The van der Waals surface area contributed by atoms with Crippen LogP contribution in [0.3, 0.4) is 0 Å².